The van der Waals surface area contributed by atoms with Crippen molar-refractivity contribution in [2.75, 3.05) is 20.8 Å². The Bertz CT molecular complexity index is 551. The smallest absolute Gasteiger partial charge is 0.259 e. The lowest BCUT2D eigenvalue weighted by atomic mass is 9.79. The number of ether oxygens (including phenoxy) is 2. The van der Waals surface area contributed by atoms with Crippen LogP contribution in [-0.4, -0.2) is 54.5 Å². The molecule has 1 amide bonds. The zero-order valence-electron chi connectivity index (χ0n) is 13.7. The molecule has 1 saturated heterocycles. The van der Waals surface area contributed by atoms with Gasteiger partial charge in [-0.25, -0.2) is 0 Å². The third-order valence-corrected chi connectivity index (χ3v) is 5.38. The van der Waals surface area contributed by atoms with Crippen molar-refractivity contribution >= 4 is 5.91 Å². The van der Waals surface area contributed by atoms with Gasteiger partial charge in [0.2, 0.25) is 0 Å². The number of fused-ring (bicyclic) bond motifs is 1. The first kappa shape index (κ1) is 15.5. The summed E-state index contributed by atoms with van der Waals surface area (Å²) in [5.74, 6) is 0.577. The zero-order chi connectivity index (χ0) is 15.9. The predicted octanol–water partition coefficient (Wildman–Crippen LogP) is 2.09. The molecule has 3 rings (SSSR count). The summed E-state index contributed by atoms with van der Waals surface area (Å²) in [6.07, 6.45) is 3.79. The van der Waals surface area contributed by atoms with Crippen molar-refractivity contribution in [3.05, 3.63) is 17.0 Å². The topological polar surface area (TPSA) is 64.8 Å². The molecule has 2 fully saturated rings. The van der Waals surface area contributed by atoms with Gasteiger partial charge in [0.05, 0.1) is 23.4 Å². The van der Waals surface area contributed by atoms with E-state index in [0.29, 0.717) is 23.6 Å². The molecule has 6 nitrogen and oxygen atoms in total. The van der Waals surface area contributed by atoms with Crippen molar-refractivity contribution in [2.45, 2.75) is 57.3 Å². The van der Waals surface area contributed by atoms with Gasteiger partial charge in [0.25, 0.3) is 5.91 Å². The first-order chi connectivity index (χ1) is 10.5. The van der Waals surface area contributed by atoms with Crippen molar-refractivity contribution in [1.29, 1.82) is 0 Å². The van der Waals surface area contributed by atoms with Gasteiger partial charge in [0, 0.05) is 20.8 Å². The van der Waals surface area contributed by atoms with E-state index >= 15 is 0 Å². The van der Waals surface area contributed by atoms with Crippen LogP contribution in [0.25, 0.3) is 0 Å². The number of aromatic nitrogens is 1. The third kappa shape index (κ3) is 2.25. The summed E-state index contributed by atoms with van der Waals surface area (Å²) in [5.41, 5.74) is 1.01. The molecule has 0 N–H and O–H groups in total. The highest BCUT2D eigenvalue weighted by atomic mass is 16.5. The van der Waals surface area contributed by atoms with Crippen molar-refractivity contribution in [2.24, 2.45) is 0 Å². The van der Waals surface area contributed by atoms with Crippen LogP contribution in [-0.2, 0) is 9.47 Å². The minimum atomic E-state index is -0.232. The van der Waals surface area contributed by atoms with Crippen LogP contribution < -0.4 is 0 Å². The highest BCUT2D eigenvalue weighted by Gasteiger charge is 2.53. The minimum absolute atomic E-state index is 0.00284. The molecule has 0 bridgehead atoms. The maximum absolute atomic E-state index is 13.0. The molecular weight excluding hydrogens is 284 g/mol. The second-order valence-corrected chi connectivity index (χ2v) is 6.36. The lowest BCUT2D eigenvalue weighted by Crippen LogP contribution is -2.53. The zero-order valence-corrected chi connectivity index (χ0v) is 13.7. The Morgan fingerprint density at radius 2 is 2.14 bits per heavy atom. The Labute approximate surface area is 130 Å². The minimum Gasteiger partial charge on any atom is -0.381 e. The molecule has 0 aromatic carbocycles. The number of methoxy groups -OCH3 is 2. The van der Waals surface area contributed by atoms with Crippen LogP contribution in [0.5, 0.6) is 0 Å². The van der Waals surface area contributed by atoms with E-state index in [0.717, 1.165) is 25.7 Å². The number of aryl methyl sites for hydroxylation is 2. The SMILES string of the molecule is CO[C@H]1CC[C@@]2(OC)CCN(C(=O)c3c(C)noc3C)[C@H]2C1. The van der Waals surface area contributed by atoms with Crippen LogP contribution >= 0.6 is 0 Å². The van der Waals surface area contributed by atoms with Gasteiger partial charge in [-0.05, 0) is 39.5 Å². The summed E-state index contributed by atoms with van der Waals surface area (Å²) in [5, 5.41) is 3.90. The van der Waals surface area contributed by atoms with Gasteiger partial charge in [-0.15, -0.1) is 0 Å². The number of amides is 1. The maximum Gasteiger partial charge on any atom is 0.259 e. The number of carbonyl (C=O) groups excluding carboxylic acids is 1. The molecule has 0 unspecified atom stereocenters. The highest BCUT2D eigenvalue weighted by molar-refractivity contribution is 5.96. The number of carbonyl (C=O) groups is 1. The van der Waals surface area contributed by atoms with Crippen LogP contribution in [0.4, 0.5) is 0 Å². The lowest BCUT2D eigenvalue weighted by molar-refractivity contribution is -0.0893. The molecule has 2 heterocycles. The summed E-state index contributed by atoms with van der Waals surface area (Å²) in [6.45, 7) is 4.30. The third-order valence-electron chi connectivity index (χ3n) is 5.38. The Morgan fingerprint density at radius 3 is 2.73 bits per heavy atom. The van der Waals surface area contributed by atoms with Crippen molar-refractivity contribution < 1.29 is 18.8 Å². The molecule has 6 heteroatoms. The molecule has 1 saturated carbocycles. The summed E-state index contributed by atoms with van der Waals surface area (Å²) >= 11 is 0. The fourth-order valence-corrected chi connectivity index (χ4v) is 4.05. The predicted molar refractivity (Wildman–Crippen MR) is 79.8 cm³/mol. The number of hydrogen-bond donors (Lipinski definition) is 0. The molecule has 3 atom stereocenters. The Balaban J connectivity index is 1.89. The Morgan fingerprint density at radius 1 is 1.36 bits per heavy atom. The second kappa shape index (κ2) is 5.66. The van der Waals surface area contributed by atoms with Crippen LogP contribution in [0.1, 0.15) is 47.5 Å². The van der Waals surface area contributed by atoms with E-state index in [1.54, 1.807) is 21.1 Å². The standard InChI is InChI=1S/C16H24N2O4/c1-10-14(11(2)22-17-10)15(19)18-8-7-16(21-4)6-5-12(20-3)9-13(16)18/h12-13H,5-9H2,1-4H3/t12-,13-,16+/m0/s1. The molecule has 1 aromatic heterocycles. The Hall–Kier alpha value is -1.40. The summed E-state index contributed by atoms with van der Waals surface area (Å²) < 4.78 is 16.5. The van der Waals surface area contributed by atoms with Gasteiger partial charge in [-0.1, -0.05) is 5.16 Å². The average molecular weight is 308 g/mol. The molecule has 1 aliphatic carbocycles. The van der Waals surface area contributed by atoms with Gasteiger partial charge in [0.15, 0.2) is 0 Å². The van der Waals surface area contributed by atoms with Gasteiger partial charge >= 0.3 is 0 Å². The van der Waals surface area contributed by atoms with E-state index < -0.39 is 0 Å². The molecule has 22 heavy (non-hydrogen) atoms. The highest BCUT2D eigenvalue weighted by Crippen LogP contribution is 2.43. The lowest BCUT2D eigenvalue weighted by Gasteiger charge is -2.43. The maximum atomic E-state index is 13.0. The molecule has 0 spiro atoms. The van der Waals surface area contributed by atoms with Crippen LogP contribution in [0.3, 0.4) is 0 Å². The van der Waals surface area contributed by atoms with Gasteiger partial charge in [-0.3, -0.25) is 4.79 Å². The van der Waals surface area contributed by atoms with E-state index in [1.165, 1.54) is 0 Å². The quantitative estimate of drug-likeness (QED) is 0.855. The molecular formula is C16H24N2O4. The van der Waals surface area contributed by atoms with Crippen molar-refractivity contribution in [1.82, 2.24) is 10.1 Å². The molecule has 2 aliphatic rings. The Kier molecular flexibility index (Phi) is 3.99. The second-order valence-electron chi connectivity index (χ2n) is 6.36. The summed E-state index contributed by atoms with van der Waals surface area (Å²) in [4.78, 5) is 14.9. The molecule has 122 valence electrons. The van der Waals surface area contributed by atoms with Crippen LogP contribution in [0.2, 0.25) is 0 Å². The van der Waals surface area contributed by atoms with E-state index in [9.17, 15) is 4.79 Å². The first-order valence-electron chi connectivity index (χ1n) is 7.84. The number of hydrogen-bond acceptors (Lipinski definition) is 5. The van der Waals surface area contributed by atoms with Crippen molar-refractivity contribution in [3.8, 4) is 0 Å². The van der Waals surface area contributed by atoms with Gasteiger partial charge in [-0.2, -0.15) is 0 Å². The fraction of sp³-hybridized carbons (Fsp3) is 0.750. The largest absolute Gasteiger partial charge is 0.381 e. The first-order valence-corrected chi connectivity index (χ1v) is 7.84. The van der Waals surface area contributed by atoms with Gasteiger partial charge < -0.3 is 18.9 Å². The van der Waals surface area contributed by atoms with E-state index in [-0.39, 0.29) is 23.7 Å². The number of likely N-dealkylation sites (tertiary alicyclic amines) is 1. The van der Waals surface area contributed by atoms with Crippen LogP contribution in [0, 0.1) is 13.8 Å². The van der Waals surface area contributed by atoms with Crippen LogP contribution in [0.15, 0.2) is 4.52 Å². The number of rotatable bonds is 3. The number of nitrogens with zero attached hydrogens (tertiary/aromatic N) is 2. The summed E-state index contributed by atoms with van der Waals surface area (Å²) in [7, 11) is 3.49. The molecule has 1 aliphatic heterocycles. The van der Waals surface area contributed by atoms with Crippen molar-refractivity contribution in [3.63, 3.8) is 0 Å². The summed E-state index contributed by atoms with van der Waals surface area (Å²) in [6, 6.07) is 0.0531. The fourth-order valence-electron chi connectivity index (χ4n) is 4.05. The van der Waals surface area contributed by atoms with E-state index in [4.69, 9.17) is 14.0 Å². The molecule has 0 radical (unpaired) electrons. The monoisotopic (exact) mass is 308 g/mol. The van der Waals surface area contributed by atoms with Gasteiger partial charge in [0.1, 0.15) is 11.3 Å². The average Bonchev–Trinajstić information content (AvgIpc) is 3.07. The van der Waals surface area contributed by atoms with E-state index in [1.807, 2.05) is 11.8 Å². The normalized spacial score (nSPS) is 31.4. The molecule has 1 aromatic rings. The van der Waals surface area contributed by atoms with E-state index in [2.05, 4.69) is 5.16 Å².